The van der Waals surface area contributed by atoms with Crippen LogP contribution in [0.2, 0.25) is 0 Å². The molecule has 0 saturated carbocycles. The Labute approximate surface area is 192 Å². The number of phenolic OH excluding ortho intramolecular Hbond substituents is 3. The van der Waals surface area contributed by atoms with Crippen LogP contribution in [0.25, 0.3) is 0 Å². The molecule has 2 aliphatic heterocycles. The molecule has 1 saturated heterocycles. The van der Waals surface area contributed by atoms with E-state index in [-0.39, 0.29) is 40.7 Å². The molecule has 12 heteroatoms. The highest BCUT2D eigenvalue weighted by Crippen LogP contribution is 2.44. The summed E-state index contributed by atoms with van der Waals surface area (Å²) in [7, 11) is 1.37. The third-order valence-electron chi connectivity index (χ3n) is 5.82. The summed E-state index contributed by atoms with van der Waals surface area (Å²) in [4.78, 5) is 11.4. The van der Waals surface area contributed by atoms with Crippen LogP contribution in [0.4, 0.5) is 0 Å². The van der Waals surface area contributed by atoms with Crippen molar-refractivity contribution in [1.82, 2.24) is 0 Å². The molecule has 1 fully saturated rings. The third-order valence-corrected chi connectivity index (χ3v) is 5.82. The minimum absolute atomic E-state index is 0.0398. The molecule has 34 heavy (non-hydrogen) atoms. The van der Waals surface area contributed by atoms with Crippen molar-refractivity contribution in [2.24, 2.45) is 0 Å². The summed E-state index contributed by atoms with van der Waals surface area (Å²) in [6, 6.07) is 6.79. The van der Waals surface area contributed by atoms with E-state index in [1.807, 2.05) is 0 Å². The molecular formula is C22H24O12. The molecular weight excluding hydrogens is 456 g/mol. The lowest BCUT2D eigenvalue weighted by Gasteiger charge is -2.42. The minimum atomic E-state index is -1.89. The summed E-state index contributed by atoms with van der Waals surface area (Å²) < 4.78 is 22.1. The second-order valence-corrected chi connectivity index (χ2v) is 8.03. The lowest BCUT2D eigenvalue weighted by Crippen LogP contribution is -2.61. The van der Waals surface area contributed by atoms with Gasteiger partial charge in [-0.3, -0.25) is 0 Å². The quantitative estimate of drug-likeness (QED) is 0.297. The van der Waals surface area contributed by atoms with Crippen molar-refractivity contribution in [2.45, 2.75) is 49.3 Å². The monoisotopic (exact) mass is 480 g/mol. The van der Waals surface area contributed by atoms with E-state index >= 15 is 0 Å². The molecule has 0 aromatic heterocycles. The fourth-order valence-electron chi connectivity index (χ4n) is 4.07. The zero-order valence-electron chi connectivity index (χ0n) is 17.8. The van der Waals surface area contributed by atoms with Crippen molar-refractivity contribution in [2.75, 3.05) is 7.11 Å². The SMILES string of the molecule is COc1ccc(C2Oc3cc(O)cc(O)c3CC2O[C@@H]2O[C@H](C(=O)O)[C@@H](O)[C@H](O)[C@H]2O)cc1O. The minimum Gasteiger partial charge on any atom is -0.508 e. The average molecular weight is 480 g/mol. The van der Waals surface area contributed by atoms with Crippen molar-refractivity contribution in [1.29, 1.82) is 0 Å². The zero-order valence-corrected chi connectivity index (χ0v) is 17.8. The van der Waals surface area contributed by atoms with Crippen molar-refractivity contribution >= 4 is 5.97 Å². The van der Waals surface area contributed by atoms with Crippen LogP contribution in [0.1, 0.15) is 17.2 Å². The van der Waals surface area contributed by atoms with E-state index in [9.17, 15) is 40.5 Å². The first-order valence-corrected chi connectivity index (χ1v) is 10.3. The predicted molar refractivity (Wildman–Crippen MR) is 111 cm³/mol. The highest BCUT2D eigenvalue weighted by molar-refractivity contribution is 5.73. The maximum Gasteiger partial charge on any atom is 0.335 e. The molecule has 0 aliphatic carbocycles. The van der Waals surface area contributed by atoms with Gasteiger partial charge in [-0.1, -0.05) is 6.07 Å². The Morgan fingerprint density at radius 1 is 1.00 bits per heavy atom. The van der Waals surface area contributed by atoms with Gasteiger partial charge in [0, 0.05) is 24.1 Å². The van der Waals surface area contributed by atoms with Crippen LogP contribution in [0.15, 0.2) is 30.3 Å². The first-order valence-electron chi connectivity index (χ1n) is 10.3. The number of fused-ring (bicyclic) bond motifs is 1. The summed E-state index contributed by atoms with van der Waals surface area (Å²) in [5, 5.41) is 70.0. The van der Waals surface area contributed by atoms with Crippen LogP contribution in [0.3, 0.4) is 0 Å². The van der Waals surface area contributed by atoms with E-state index in [2.05, 4.69) is 0 Å². The van der Waals surface area contributed by atoms with E-state index in [0.717, 1.165) is 6.07 Å². The highest BCUT2D eigenvalue weighted by atomic mass is 16.7. The molecule has 2 unspecified atom stereocenters. The van der Waals surface area contributed by atoms with Gasteiger partial charge in [0.1, 0.15) is 41.7 Å². The van der Waals surface area contributed by atoms with E-state index in [1.165, 1.54) is 25.3 Å². The Morgan fingerprint density at radius 2 is 1.74 bits per heavy atom. The second kappa shape index (κ2) is 9.16. The number of carboxylic acids is 1. The summed E-state index contributed by atoms with van der Waals surface area (Å²) in [5.41, 5.74) is 0.648. The van der Waals surface area contributed by atoms with Gasteiger partial charge in [-0.25, -0.2) is 4.79 Å². The number of carbonyl (C=O) groups is 1. The first-order chi connectivity index (χ1) is 16.1. The van der Waals surface area contributed by atoms with Gasteiger partial charge in [0.2, 0.25) is 0 Å². The van der Waals surface area contributed by atoms with E-state index < -0.39 is 48.9 Å². The fourth-order valence-corrected chi connectivity index (χ4v) is 4.07. The van der Waals surface area contributed by atoms with Crippen molar-refractivity contribution in [3.63, 3.8) is 0 Å². The Hall–Kier alpha value is -3.29. The summed E-state index contributed by atoms with van der Waals surface area (Å²) >= 11 is 0. The number of carboxylic acid groups (broad SMARTS) is 1. The molecule has 2 aromatic carbocycles. The molecule has 7 atom stereocenters. The molecule has 7 N–H and O–H groups in total. The number of benzene rings is 2. The first kappa shape index (κ1) is 23.9. The van der Waals surface area contributed by atoms with E-state index in [0.29, 0.717) is 5.56 Å². The molecule has 0 bridgehead atoms. The van der Waals surface area contributed by atoms with Gasteiger partial charge in [0.15, 0.2) is 30.0 Å². The van der Waals surface area contributed by atoms with Gasteiger partial charge in [-0.15, -0.1) is 0 Å². The Morgan fingerprint density at radius 3 is 2.38 bits per heavy atom. The lowest BCUT2D eigenvalue weighted by atomic mass is 9.93. The Kier molecular flexibility index (Phi) is 6.43. The topological polar surface area (TPSA) is 196 Å². The van der Waals surface area contributed by atoms with Crippen LogP contribution in [-0.2, 0) is 20.7 Å². The molecule has 184 valence electrons. The number of aliphatic carboxylic acids is 1. The largest absolute Gasteiger partial charge is 0.508 e. The average Bonchev–Trinajstić information content (AvgIpc) is 2.79. The van der Waals surface area contributed by atoms with Crippen molar-refractivity contribution in [3.05, 3.63) is 41.5 Å². The number of hydrogen-bond donors (Lipinski definition) is 7. The highest BCUT2D eigenvalue weighted by Gasteiger charge is 2.49. The van der Waals surface area contributed by atoms with E-state index in [1.54, 1.807) is 6.07 Å². The fraction of sp³-hybridized carbons (Fsp3) is 0.409. The molecule has 0 radical (unpaired) electrons. The molecule has 0 spiro atoms. The van der Waals surface area contributed by atoms with Gasteiger partial charge in [-0.05, 0) is 17.7 Å². The Bertz CT molecular complexity index is 1070. The number of aromatic hydroxyl groups is 3. The third kappa shape index (κ3) is 4.29. The molecule has 12 nitrogen and oxygen atoms in total. The van der Waals surface area contributed by atoms with Gasteiger partial charge in [0.25, 0.3) is 0 Å². The maximum atomic E-state index is 11.4. The number of aliphatic hydroxyl groups is 3. The predicted octanol–water partition coefficient (Wildman–Crippen LogP) is -0.234. The molecule has 2 aliphatic rings. The van der Waals surface area contributed by atoms with Crippen molar-refractivity contribution < 1.29 is 59.5 Å². The van der Waals surface area contributed by atoms with Gasteiger partial charge >= 0.3 is 5.97 Å². The Balaban J connectivity index is 1.70. The van der Waals surface area contributed by atoms with Crippen LogP contribution in [0, 0.1) is 0 Å². The van der Waals surface area contributed by atoms with Crippen LogP contribution >= 0.6 is 0 Å². The smallest absolute Gasteiger partial charge is 0.335 e. The van der Waals surface area contributed by atoms with Gasteiger partial charge in [-0.2, -0.15) is 0 Å². The number of hydrogen-bond acceptors (Lipinski definition) is 11. The molecule has 2 heterocycles. The summed E-state index contributed by atoms with van der Waals surface area (Å²) in [6.07, 6.45) is -11.2. The van der Waals surface area contributed by atoms with Crippen molar-refractivity contribution in [3.8, 4) is 28.7 Å². The number of phenols is 3. The lowest BCUT2D eigenvalue weighted by molar-refractivity contribution is -0.310. The number of methoxy groups -OCH3 is 1. The number of rotatable bonds is 5. The number of aliphatic hydroxyl groups excluding tert-OH is 3. The van der Waals surface area contributed by atoms with Gasteiger partial charge < -0.3 is 54.7 Å². The maximum absolute atomic E-state index is 11.4. The summed E-state index contributed by atoms with van der Waals surface area (Å²) in [6.45, 7) is 0. The molecule has 2 aromatic rings. The second-order valence-electron chi connectivity index (χ2n) is 8.03. The van der Waals surface area contributed by atoms with Crippen LogP contribution in [-0.4, -0.2) is 85.6 Å². The van der Waals surface area contributed by atoms with Crippen LogP contribution < -0.4 is 9.47 Å². The zero-order chi connectivity index (χ0) is 24.7. The standard InChI is InChI=1S/C22H24O12/c1-31-13-3-2-8(4-12(13)25)19-15(7-10-11(24)5-9(23)6-14(10)32-19)33-22-18(28)16(26)17(27)20(34-22)21(29)30/h2-6,15-20,22-28H,7H2,1H3,(H,29,30)/t15?,16-,17-,18+,19?,20-,22+/m0/s1. The normalized spacial score (nSPS) is 30.8. The number of ether oxygens (including phenoxy) is 4. The molecule has 0 amide bonds. The molecule has 4 rings (SSSR count). The summed E-state index contributed by atoms with van der Waals surface area (Å²) in [5.74, 6) is -1.97. The van der Waals surface area contributed by atoms with Gasteiger partial charge in [0.05, 0.1) is 7.11 Å². The van der Waals surface area contributed by atoms with Crippen LogP contribution in [0.5, 0.6) is 28.7 Å². The van der Waals surface area contributed by atoms with E-state index in [4.69, 9.17) is 18.9 Å².